The number of carbonyl (C=O) groups is 4. The fraction of sp³-hybridized carbons (Fsp3) is 0.550. The van der Waals surface area contributed by atoms with Gasteiger partial charge in [-0.2, -0.15) is 0 Å². The van der Waals surface area contributed by atoms with Gasteiger partial charge in [0, 0.05) is 12.0 Å². The number of aromatic nitrogens is 2. The standard InChI is InChI=1S/C40H48F2N6O8S/c1-23(2)32-37(50)48-22-26(20-31(48)35(49)46-40(21-28(40)34(41)42)38(51)47-57(53,54)27-15-16-27)56-36-33(25-12-8-6-9-13-25)43-29-17-14-24(19-30(29)44-36)11-7-4-3-5-10-18-55-39(52)45-32/h6,8-9,12-14,17,19,23,26-28,31-32,34H,3-5,7,10-11,15-16,18,20-22H2,1-2H3,(H,45,52)(H,46,49)(H,47,51)/t26-,28+,31+,32+,40+/m1/s1. The van der Waals surface area contributed by atoms with Gasteiger partial charge in [0.15, 0.2) is 0 Å². The lowest BCUT2D eigenvalue weighted by Crippen LogP contribution is -2.59. The van der Waals surface area contributed by atoms with Gasteiger partial charge >= 0.3 is 6.09 Å². The number of hydrogen-bond donors (Lipinski definition) is 3. The Balaban J connectivity index is 1.24. The normalized spacial score (nSPS) is 26.1. The molecule has 2 aliphatic carbocycles. The first-order valence-electron chi connectivity index (χ1n) is 19.7. The van der Waals surface area contributed by atoms with Gasteiger partial charge in [-0.25, -0.2) is 32.0 Å². The predicted octanol–water partition coefficient (Wildman–Crippen LogP) is 4.65. The molecule has 14 nitrogen and oxygen atoms in total. The molecule has 3 aromatic rings. The van der Waals surface area contributed by atoms with Gasteiger partial charge in [-0.05, 0) is 62.1 Å². The van der Waals surface area contributed by atoms with E-state index in [1.807, 2.05) is 53.3 Å². The molecule has 1 saturated heterocycles. The van der Waals surface area contributed by atoms with Gasteiger partial charge in [-0.15, -0.1) is 0 Å². The van der Waals surface area contributed by atoms with Gasteiger partial charge in [0.1, 0.15) is 29.4 Å². The minimum absolute atomic E-state index is 0.149. The Morgan fingerprint density at radius 2 is 1.72 bits per heavy atom. The van der Waals surface area contributed by atoms with Crippen LogP contribution in [0.25, 0.3) is 22.3 Å². The second-order valence-electron chi connectivity index (χ2n) is 15.8. The van der Waals surface area contributed by atoms with Gasteiger partial charge in [0.2, 0.25) is 34.1 Å². The lowest BCUT2D eigenvalue weighted by Gasteiger charge is -2.31. The Morgan fingerprint density at radius 3 is 2.42 bits per heavy atom. The number of sulfonamides is 1. The van der Waals surface area contributed by atoms with E-state index in [4.69, 9.17) is 19.4 Å². The van der Waals surface area contributed by atoms with Crippen molar-refractivity contribution in [2.45, 2.75) is 113 Å². The van der Waals surface area contributed by atoms with E-state index in [2.05, 4.69) is 10.6 Å². The molecular formula is C40H48F2N6O8S. The van der Waals surface area contributed by atoms with Crippen LogP contribution in [0.2, 0.25) is 0 Å². The molecule has 0 radical (unpaired) electrons. The second-order valence-corrected chi connectivity index (χ2v) is 17.8. The summed E-state index contributed by atoms with van der Waals surface area (Å²) in [5.74, 6) is -4.84. The number of cyclic esters (lactones) is 1. The number of nitrogens with one attached hydrogen (secondary N) is 3. The first-order chi connectivity index (χ1) is 27.3. The molecule has 57 heavy (non-hydrogen) atoms. The maximum absolute atomic E-state index is 14.4. The smallest absolute Gasteiger partial charge is 0.407 e. The van der Waals surface area contributed by atoms with E-state index in [-0.39, 0.29) is 25.5 Å². The third kappa shape index (κ3) is 8.97. The van der Waals surface area contributed by atoms with Crippen LogP contribution in [0.3, 0.4) is 0 Å². The molecule has 4 amide bonds. The number of amides is 4. The summed E-state index contributed by atoms with van der Waals surface area (Å²) in [6.07, 6.45) is 0.439. The summed E-state index contributed by atoms with van der Waals surface area (Å²) in [4.78, 5) is 66.1. The lowest BCUT2D eigenvalue weighted by molar-refractivity contribution is -0.142. The van der Waals surface area contributed by atoms with E-state index in [9.17, 15) is 36.4 Å². The number of nitrogens with zero attached hydrogens (tertiary/aromatic N) is 3. The van der Waals surface area contributed by atoms with Crippen LogP contribution in [0, 0.1) is 11.8 Å². The molecule has 2 saturated carbocycles. The van der Waals surface area contributed by atoms with Gasteiger partial charge in [0.25, 0.3) is 5.91 Å². The van der Waals surface area contributed by atoms with Crippen molar-refractivity contribution < 1.29 is 45.9 Å². The van der Waals surface area contributed by atoms with Crippen molar-refractivity contribution >= 4 is 44.9 Å². The van der Waals surface area contributed by atoms with E-state index in [0.717, 1.165) is 37.7 Å². The number of halogens is 2. The number of carbonyl (C=O) groups excluding carboxylic acids is 4. The molecule has 306 valence electrons. The van der Waals surface area contributed by atoms with Crippen molar-refractivity contribution in [2.75, 3.05) is 13.2 Å². The molecule has 3 heterocycles. The molecule has 1 aromatic heterocycles. The number of ether oxygens (including phenoxy) is 2. The molecule has 3 fully saturated rings. The molecule has 0 unspecified atom stereocenters. The Labute approximate surface area is 329 Å². The van der Waals surface area contributed by atoms with Crippen molar-refractivity contribution in [1.82, 2.24) is 30.2 Å². The quantitative estimate of drug-likeness (QED) is 0.289. The monoisotopic (exact) mass is 810 g/mol. The number of alkyl carbamates (subject to hydrolysis) is 1. The summed E-state index contributed by atoms with van der Waals surface area (Å²) in [5, 5.41) is 4.27. The molecule has 7 rings (SSSR count). The average molecular weight is 811 g/mol. The summed E-state index contributed by atoms with van der Waals surface area (Å²) >= 11 is 0. The Hall–Kier alpha value is -4.93. The SMILES string of the molecule is CC(C)[C@@H]1NC(=O)OCCCCCCCc2ccc3nc(-c4ccccc4)c(nc3c2)O[C@@H]2C[C@@H](C(=O)N[C@@]3(C(=O)NS(=O)(=O)C4CC4)C[C@H]3C(F)F)N(C2)C1=O. The van der Waals surface area contributed by atoms with Crippen molar-refractivity contribution in [2.24, 2.45) is 11.8 Å². The average Bonchev–Trinajstić information content (AvgIpc) is 4.11. The first-order valence-corrected chi connectivity index (χ1v) is 21.2. The predicted molar refractivity (Wildman–Crippen MR) is 204 cm³/mol. The summed E-state index contributed by atoms with van der Waals surface area (Å²) in [6.45, 7) is 3.39. The highest BCUT2D eigenvalue weighted by Gasteiger charge is 2.66. The highest BCUT2D eigenvalue weighted by atomic mass is 32.2. The summed E-state index contributed by atoms with van der Waals surface area (Å²) < 4.78 is 67.6. The number of benzene rings is 2. The van der Waals surface area contributed by atoms with Crippen molar-refractivity contribution in [3.63, 3.8) is 0 Å². The van der Waals surface area contributed by atoms with Gasteiger partial charge in [0.05, 0.1) is 35.4 Å². The molecule has 3 N–H and O–H groups in total. The number of alkyl halides is 2. The van der Waals surface area contributed by atoms with Crippen LogP contribution in [0.5, 0.6) is 5.88 Å². The molecule has 5 atom stereocenters. The third-order valence-electron chi connectivity index (χ3n) is 11.2. The summed E-state index contributed by atoms with van der Waals surface area (Å²) in [6, 6.07) is 12.6. The molecule has 5 bridgehead atoms. The fourth-order valence-electron chi connectivity index (χ4n) is 7.66. The van der Waals surface area contributed by atoms with Crippen LogP contribution in [0.4, 0.5) is 13.6 Å². The van der Waals surface area contributed by atoms with E-state index in [1.54, 1.807) is 13.8 Å². The molecule has 4 aliphatic rings. The molecule has 17 heteroatoms. The van der Waals surface area contributed by atoms with Crippen molar-refractivity contribution in [3.8, 4) is 17.1 Å². The summed E-state index contributed by atoms with van der Waals surface area (Å²) in [7, 11) is -4.13. The Kier molecular flexibility index (Phi) is 11.7. The maximum atomic E-state index is 14.4. The van der Waals surface area contributed by atoms with Crippen molar-refractivity contribution in [3.05, 3.63) is 54.1 Å². The van der Waals surface area contributed by atoms with Gasteiger partial charge < -0.3 is 25.0 Å². The van der Waals surface area contributed by atoms with Gasteiger partial charge in [-0.3, -0.25) is 19.1 Å². The number of aryl methyl sites for hydroxylation is 1. The second kappa shape index (κ2) is 16.5. The van der Waals surface area contributed by atoms with Crippen molar-refractivity contribution in [1.29, 1.82) is 0 Å². The molecule has 2 aromatic carbocycles. The number of hydrogen-bond acceptors (Lipinski definition) is 10. The number of fused-ring (bicyclic) bond motifs is 4. The third-order valence-corrected chi connectivity index (χ3v) is 13.0. The highest BCUT2D eigenvalue weighted by Crippen LogP contribution is 2.48. The zero-order valence-electron chi connectivity index (χ0n) is 31.9. The largest absolute Gasteiger partial charge is 0.471 e. The maximum Gasteiger partial charge on any atom is 0.407 e. The van der Waals surface area contributed by atoms with Crippen LogP contribution < -0.4 is 20.1 Å². The van der Waals surface area contributed by atoms with E-state index in [0.29, 0.717) is 41.6 Å². The Bertz CT molecular complexity index is 2120. The zero-order valence-corrected chi connectivity index (χ0v) is 32.7. The van der Waals surface area contributed by atoms with E-state index in [1.165, 1.54) is 4.90 Å². The molecular weight excluding hydrogens is 763 g/mol. The minimum Gasteiger partial charge on any atom is -0.471 e. The van der Waals surface area contributed by atoms with E-state index >= 15 is 0 Å². The fourth-order valence-corrected chi connectivity index (χ4v) is 9.03. The molecule has 0 spiro atoms. The number of rotatable bonds is 8. The first kappa shape index (κ1) is 40.3. The Morgan fingerprint density at radius 1 is 0.982 bits per heavy atom. The van der Waals surface area contributed by atoms with E-state index < -0.39 is 87.5 Å². The lowest BCUT2D eigenvalue weighted by atomic mass is 10.0. The van der Waals surface area contributed by atoms with Crippen LogP contribution in [-0.4, -0.2) is 95.7 Å². The van der Waals surface area contributed by atoms with Crippen LogP contribution in [-0.2, 0) is 35.6 Å². The minimum atomic E-state index is -4.13. The zero-order chi connectivity index (χ0) is 40.5. The van der Waals surface area contributed by atoms with Crippen LogP contribution in [0.15, 0.2) is 48.5 Å². The highest BCUT2D eigenvalue weighted by molar-refractivity contribution is 7.91. The topological polar surface area (TPSA) is 186 Å². The molecule has 2 aliphatic heterocycles. The van der Waals surface area contributed by atoms with Crippen LogP contribution in [0.1, 0.15) is 77.2 Å². The summed E-state index contributed by atoms with van der Waals surface area (Å²) in [5.41, 5.74) is 1.22. The van der Waals surface area contributed by atoms with Crippen LogP contribution >= 0.6 is 0 Å². The van der Waals surface area contributed by atoms with Gasteiger partial charge in [-0.1, -0.05) is 69.5 Å².